The molecule has 0 radical (unpaired) electrons. The highest BCUT2D eigenvalue weighted by Gasteiger charge is 2.29. The van der Waals surface area contributed by atoms with Gasteiger partial charge in [-0.1, -0.05) is 12.1 Å². The van der Waals surface area contributed by atoms with Crippen molar-refractivity contribution in [3.63, 3.8) is 0 Å². The minimum atomic E-state index is -0.399. The van der Waals surface area contributed by atoms with Crippen LogP contribution in [0.25, 0.3) is 0 Å². The lowest BCUT2D eigenvalue weighted by Gasteiger charge is -2.28. The van der Waals surface area contributed by atoms with Gasteiger partial charge in [0.05, 0.1) is 32.8 Å². The molecule has 0 saturated carbocycles. The molecule has 12 heteroatoms. The molecular formula is C27H34N4O8. The van der Waals surface area contributed by atoms with Gasteiger partial charge in [0.2, 0.25) is 23.6 Å². The first-order valence-electron chi connectivity index (χ1n) is 12.9. The van der Waals surface area contributed by atoms with Crippen molar-refractivity contribution < 1.29 is 38.2 Å². The maximum absolute atomic E-state index is 12.1. The molecule has 6 amide bonds. The summed E-state index contributed by atoms with van der Waals surface area (Å²) in [6.07, 6.45) is 2.70. The first-order valence-corrected chi connectivity index (χ1v) is 12.9. The lowest BCUT2D eigenvalue weighted by molar-refractivity contribution is -0.152. The minimum absolute atomic E-state index is 0.0248. The van der Waals surface area contributed by atoms with E-state index >= 15 is 0 Å². The fraction of sp³-hybridized carbons (Fsp3) is 0.481. The van der Waals surface area contributed by atoms with Gasteiger partial charge < -0.3 is 20.1 Å². The number of likely N-dealkylation sites (tertiary alicyclic amines) is 1. The summed E-state index contributed by atoms with van der Waals surface area (Å²) in [6.45, 7) is 3.49. The van der Waals surface area contributed by atoms with Gasteiger partial charge in [0, 0.05) is 56.2 Å². The van der Waals surface area contributed by atoms with E-state index in [1.54, 1.807) is 19.1 Å². The van der Waals surface area contributed by atoms with Gasteiger partial charge in [0.1, 0.15) is 0 Å². The van der Waals surface area contributed by atoms with E-state index in [9.17, 15) is 28.8 Å². The number of carbonyl (C=O) groups excluding carboxylic acids is 6. The Balaban J connectivity index is 1.15. The zero-order valence-electron chi connectivity index (χ0n) is 22.0. The van der Waals surface area contributed by atoms with Gasteiger partial charge in [0.25, 0.3) is 11.8 Å². The fourth-order valence-electron chi connectivity index (χ4n) is 3.84. The Morgan fingerprint density at radius 2 is 1.62 bits per heavy atom. The van der Waals surface area contributed by atoms with Gasteiger partial charge in [-0.25, -0.2) is 0 Å². The van der Waals surface area contributed by atoms with Crippen LogP contribution in [0.4, 0.5) is 5.69 Å². The van der Waals surface area contributed by atoms with Crippen LogP contribution in [0.2, 0.25) is 0 Å². The number of hydrogen-bond acceptors (Lipinski definition) is 8. The smallest absolute Gasteiger partial charge is 0.256 e. The molecule has 0 aliphatic carbocycles. The molecule has 0 atom stereocenters. The molecule has 2 aliphatic heterocycles. The molecule has 0 spiro atoms. The van der Waals surface area contributed by atoms with E-state index in [1.807, 2.05) is 12.1 Å². The van der Waals surface area contributed by atoms with Crippen LogP contribution in [-0.2, 0) is 44.7 Å². The summed E-state index contributed by atoms with van der Waals surface area (Å²) in [5.41, 5.74) is 1.95. The third kappa shape index (κ3) is 9.41. The highest BCUT2D eigenvalue weighted by atomic mass is 16.5. The van der Waals surface area contributed by atoms with Crippen LogP contribution < -0.4 is 10.6 Å². The molecule has 3 rings (SSSR count). The first kappa shape index (κ1) is 29.7. The summed E-state index contributed by atoms with van der Waals surface area (Å²) in [5, 5.41) is 5.45. The van der Waals surface area contributed by atoms with Crippen molar-refractivity contribution in [2.75, 3.05) is 51.4 Å². The van der Waals surface area contributed by atoms with Gasteiger partial charge in [-0.15, -0.1) is 0 Å². The number of anilines is 1. The second-order valence-corrected chi connectivity index (χ2v) is 9.13. The molecule has 1 saturated heterocycles. The molecule has 210 valence electrons. The fourth-order valence-corrected chi connectivity index (χ4v) is 3.84. The Morgan fingerprint density at radius 1 is 0.897 bits per heavy atom. The Morgan fingerprint density at radius 3 is 2.23 bits per heavy atom. The molecule has 1 aromatic rings. The van der Waals surface area contributed by atoms with Gasteiger partial charge in [-0.3, -0.25) is 38.6 Å². The summed E-state index contributed by atoms with van der Waals surface area (Å²) < 4.78 is 10.8. The van der Waals surface area contributed by atoms with Crippen molar-refractivity contribution >= 4 is 41.1 Å². The second kappa shape index (κ2) is 14.9. The topological polar surface area (TPSA) is 151 Å². The van der Waals surface area contributed by atoms with E-state index in [2.05, 4.69) is 10.6 Å². The SMILES string of the molecule is CC1=CC(=O)N(CCC(=O)NCCOCCOCCC(=O)Nc2ccc(CCC(=O)N3CCC3=O)cc2)C1=O. The summed E-state index contributed by atoms with van der Waals surface area (Å²) >= 11 is 0. The van der Waals surface area contributed by atoms with Crippen LogP contribution in [0, 0.1) is 0 Å². The van der Waals surface area contributed by atoms with Crippen LogP contribution in [0.5, 0.6) is 0 Å². The van der Waals surface area contributed by atoms with E-state index in [-0.39, 0.29) is 75.1 Å². The van der Waals surface area contributed by atoms with Crippen LogP contribution >= 0.6 is 0 Å². The van der Waals surface area contributed by atoms with Gasteiger partial charge >= 0.3 is 0 Å². The molecule has 39 heavy (non-hydrogen) atoms. The van der Waals surface area contributed by atoms with Gasteiger partial charge in [-0.2, -0.15) is 0 Å². The van der Waals surface area contributed by atoms with Crippen molar-refractivity contribution in [2.24, 2.45) is 0 Å². The molecule has 1 aromatic carbocycles. The Bertz CT molecular complexity index is 1120. The molecule has 0 aromatic heterocycles. The highest BCUT2D eigenvalue weighted by molar-refractivity contribution is 6.16. The summed E-state index contributed by atoms with van der Waals surface area (Å²) in [5.74, 6) is -1.52. The molecule has 0 unspecified atom stereocenters. The Hall–Kier alpha value is -3.90. The molecule has 2 N–H and O–H groups in total. The van der Waals surface area contributed by atoms with E-state index in [4.69, 9.17) is 9.47 Å². The molecule has 0 bridgehead atoms. The number of carbonyl (C=O) groups is 6. The van der Waals surface area contributed by atoms with Crippen molar-refractivity contribution in [1.29, 1.82) is 0 Å². The van der Waals surface area contributed by atoms with Crippen molar-refractivity contribution in [3.8, 4) is 0 Å². The Labute approximate surface area is 226 Å². The molecule has 2 aliphatic rings. The lowest BCUT2D eigenvalue weighted by atomic mass is 10.1. The van der Waals surface area contributed by atoms with Gasteiger partial charge in [-0.05, 0) is 31.0 Å². The van der Waals surface area contributed by atoms with Crippen molar-refractivity contribution in [3.05, 3.63) is 41.5 Å². The van der Waals surface area contributed by atoms with E-state index in [1.165, 1.54) is 11.0 Å². The Kier molecular flexibility index (Phi) is 11.3. The predicted octanol–water partition coefficient (Wildman–Crippen LogP) is 0.561. The van der Waals surface area contributed by atoms with E-state index in [0.29, 0.717) is 43.9 Å². The number of hydrogen-bond donors (Lipinski definition) is 2. The zero-order chi connectivity index (χ0) is 28.2. The maximum Gasteiger partial charge on any atom is 0.256 e. The number of ether oxygens (including phenoxy) is 2. The van der Waals surface area contributed by atoms with Crippen LogP contribution in [-0.4, -0.2) is 91.3 Å². The number of rotatable bonds is 16. The summed E-state index contributed by atoms with van der Waals surface area (Å²) in [7, 11) is 0. The number of nitrogens with one attached hydrogen (secondary N) is 2. The number of amides is 6. The highest BCUT2D eigenvalue weighted by Crippen LogP contribution is 2.15. The zero-order valence-corrected chi connectivity index (χ0v) is 22.0. The molecular weight excluding hydrogens is 508 g/mol. The van der Waals surface area contributed by atoms with Crippen molar-refractivity contribution in [2.45, 2.75) is 39.0 Å². The number of nitrogens with zero attached hydrogens (tertiary/aromatic N) is 2. The summed E-state index contributed by atoms with van der Waals surface area (Å²) in [4.78, 5) is 72.9. The van der Waals surface area contributed by atoms with Gasteiger partial charge in [0.15, 0.2) is 0 Å². The largest absolute Gasteiger partial charge is 0.379 e. The third-order valence-corrected chi connectivity index (χ3v) is 6.18. The minimum Gasteiger partial charge on any atom is -0.379 e. The average molecular weight is 543 g/mol. The third-order valence-electron chi connectivity index (χ3n) is 6.18. The number of benzene rings is 1. The van der Waals surface area contributed by atoms with Crippen LogP contribution in [0.1, 0.15) is 38.2 Å². The van der Waals surface area contributed by atoms with E-state index < -0.39 is 5.91 Å². The van der Waals surface area contributed by atoms with E-state index in [0.717, 1.165) is 10.5 Å². The molecule has 12 nitrogen and oxygen atoms in total. The number of β-lactam (4-membered cyclic amide) rings is 1. The average Bonchev–Trinajstić information content (AvgIpc) is 3.15. The normalized spacial score (nSPS) is 14.8. The number of aryl methyl sites for hydroxylation is 1. The number of imide groups is 2. The lowest BCUT2D eigenvalue weighted by Crippen LogP contribution is -2.47. The standard InChI is InChI=1S/C27H34N4O8/c1-19-18-26(36)31(27(19)37)12-8-22(32)28-11-15-39-17-16-38-14-10-23(33)29-21-5-2-20(3-6-21)4-7-24(34)30-13-9-25(30)35/h2-3,5-6,18H,4,7-17H2,1H3,(H,28,32)(H,29,33). The second-order valence-electron chi connectivity index (χ2n) is 9.13. The summed E-state index contributed by atoms with van der Waals surface area (Å²) in [6, 6.07) is 7.21. The first-order chi connectivity index (χ1) is 18.7. The molecule has 2 heterocycles. The van der Waals surface area contributed by atoms with Crippen molar-refractivity contribution in [1.82, 2.24) is 15.1 Å². The predicted molar refractivity (Wildman–Crippen MR) is 139 cm³/mol. The maximum atomic E-state index is 12.1. The molecule has 1 fully saturated rings. The monoisotopic (exact) mass is 542 g/mol. The van der Waals surface area contributed by atoms with Crippen LogP contribution in [0.3, 0.4) is 0 Å². The van der Waals surface area contributed by atoms with Crippen LogP contribution in [0.15, 0.2) is 35.9 Å². The quantitative estimate of drug-likeness (QED) is 0.175.